The van der Waals surface area contributed by atoms with Gasteiger partial charge in [0.25, 0.3) is 0 Å². The second-order valence-corrected chi connectivity index (χ2v) is 9.12. The van der Waals surface area contributed by atoms with E-state index in [9.17, 15) is 9.59 Å². The van der Waals surface area contributed by atoms with Crippen LogP contribution in [0.15, 0.2) is 42.7 Å². The van der Waals surface area contributed by atoms with Gasteiger partial charge in [-0.3, -0.25) is 9.69 Å². The number of fused-ring (bicyclic) bond motifs is 1. The number of carbonyl (C=O) groups is 2. The summed E-state index contributed by atoms with van der Waals surface area (Å²) in [5.41, 5.74) is 8.74. The maximum atomic E-state index is 12.8. The summed E-state index contributed by atoms with van der Waals surface area (Å²) in [7, 11) is 3.44. The predicted octanol–water partition coefficient (Wildman–Crippen LogP) is 2.29. The van der Waals surface area contributed by atoms with Gasteiger partial charge in [-0.15, -0.1) is 0 Å². The number of benzene rings is 1. The molecule has 2 aliphatic rings. The summed E-state index contributed by atoms with van der Waals surface area (Å²) in [5, 5.41) is 5.52. The van der Waals surface area contributed by atoms with Crippen molar-refractivity contribution < 1.29 is 14.3 Å². The Bertz CT molecular complexity index is 1280. The van der Waals surface area contributed by atoms with Gasteiger partial charge in [-0.2, -0.15) is 5.10 Å². The lowest BCUT2D eigenvalue weighted by Gasteiger charge is -2.16. The smallest absolute Gasteiger partial charge is 0.337 e. The first kappa shape index (κ1) is 23.0. The van der Waals surface area contributed by atoms with Crippen LogP contribution in [0.1, 0.15) is 35.7 Å². The topological polar surface area (TPSA) is 119 Å². The van der Waals surface area contributed by atoms with Crippen molar-refractivity contribution in [1.29, 1.82) is 0 Å². The van der Waals surface area contributed by atoms with Gasteiger partial charge in [0.1, 0.15) is 17.8 Å². The third-order valence-electron chi connectivity index (χ3n) is 6.74. The van der Waals surface area contributed by atoms with E-state index in [-0.39, 0.29) is 11.9 Å². The fourth-order valence-electron chi connectivity index (χ4n) is 4.57. The summed E-state index contributed by atoms with van der Waals surface area (Å²) >= 11 is 0. The van der Waals surface area contributed by atoms with Crippen LogP contribution in [0.3, 0.4) is 0 Å². The minimum Gasteiger partial charge on any atom is -0.465 e. The highest BCUT2D eigenvalue weighted by Crippen LogP contribution is 2.34. The van der Waals surface area contributed by atoms with Crippen LogP contribution in [0.2, 0.25) is 0 Å². The maximum Gasteiger partial charge on any atom is 0.337 e. The zero-order chi connectivity index (χ0) is 24.5. The number of anilines is 1. The molecule has 1 saturated carbocycles. The highest BCUT2D eigenvalue weighted by atomic mass is 16.5. The molecule has 0 spiro atoms. The van der Waals surface area contributed by atoms with Crippen molar-refractivity contribution in [3.63, 3.8) is 0 Å². The summed E-state index contributed by atoms with van der Waals surface area (Å²) in [6, 6.07) is 7.63. The molecule has 2 fully saturated rings. The van der Waals surface area contributed by atoms with E-state index in [0.29, 0.717) is 47.2 Å². The molecule has 3 aromatic rings. The molecule has 0 bridgehead atoms. The monoisotopic (exact) mass is 475 g/mol. The molecule has 1 aliphatic carbocycles. The normalized spacial score (nSPS) is 18.1. The number of nitrogens with zero attached hydrogens (tertiary/aromatic N) is 6. The van der Waals surface area contributed by atoms with Gasteiger partial charge in [-0.05, 0) is 38.4 Å². The van der Waals surface area contributed by atoms with Crippen LogP contribution in [0.25, 0.3) is 22.3 Å². The molecule has 2 N–H and O–H groups in total. The van der Waals surface area contributed by atoms with Crippen LogP contribution in [0.4, 0.5) is 5.82 Å². The molecule has 1 unspecified atom stereocenters. The van der Waals surface area contributed by atoms with E-state index in [1.54, 1.807) is 30.3 Å². The SMILES string of the molecule is COC(=O)c1ccc(-c2nn(C3CCN(C(=O)C=CCN(C)C4CC4)C3)c3ncnc(N)c23)cc1. The van der Waals surface area contributed by atoms with Crippen LogP contribution < -0.4 is 5.73 Å². The van der Waals surface area contributed by atoms with Gasteiger partial charge in [-0.25, -0.2) is 19.4 Å². The van der Waals surface area contributed by atoms with Gasteiger partial charge in [0.05, 0.1) is 24.1 Å². The lowest BCUT2D eigenvalue weighted by molar-refractivity contribution is -0.125. The van der Waals surface area contributed by atoms with Crippen molar-refractivity contribution in [2.75, 3.05) is 39.5 Å². The second-order valence-electron chi connectivity index (χ2n) is 9.12. The number of aromatic nitrogens is 4. The Morgan fingerprint density at radius 1 is 1.20 bits per heavy atom. The number of rotatable bonds is 7. The second kappa shape index (κ2) is 9.46. The Hall–Kier alpha value is -3.79. The number of amides is 1. The maximum absolute atomic E-state index is 12.8. The number of ether oxygens (including phenoxy) is 1. The number of carbonyl (C=O) groups excluding carboxylic acids is 2. The Labute approximate surface area is 203 Å². The summed E-state index contributed by atoms with van der Waals surface area (Å²) < 4.78 is 6.64. The molecule has 182 valence electrons. The molecule has 10 heteroatoms. The number of nitrogens with two attached hydrogens (primary N) is 1. The molecular formula is C25H29N7O3. The molecule has 3 heterocycles. The van der Waals surface area contributed by atoms with E-state index >= 15 is 0 Å². The first-order valence-electron chi connectivity index (χ1n) is 11.8. The van der Waals surface area contributed by atoms with Gasteiger partial charge in [0, 0.05) is 37.3 Å². The summed E-state index contributed by atoms with van der Waals surface area (Å²) in [6.45, 7) is 1.98. The van der Waals surface area contributed by atoms with Gasteiger partial charge < -0.3 is 15.4 Å². The Balaban J connectivity index is 1.37. The zero-order valence-corrected chi connectivity index (χ0v) is 19.9. The molecule has 1 aliphatic heterocycles. The van der Waals surface area contributed by atoms with E-state index in [1.807, 2.05) is 15.7 Å². The summed E-state index contributed by atoms with van der Waals surface area (Å²) in [4.78, 5) is 37.3. The van der Waals surface area contributed by atoms with Crippen molar-refractivity contribution >= 4 is 28.7 Å². The molecule has 1 aromatic carbocycles. The number of likely N-dealkylation sites (tertiary alicyclic amines) is 1. The highest BCUT2D eigenvalue weighted by molar-refractivity contribution is 5.99. The van der Waals surface area contributed by atoms with Crippen LogP contribution in [0.5, 0.6) is 0 Å². The first-order chi connectivity index (χ1) is 17.0. The number of nitrogen functional groups attached to an aromatic ring is 1. The summed E-state index contributed by atoms with van der Waals surface area (Å²) in [5.74, 6) is -0.0541. The molecule has 35 heavy (non-hydrogen) atoms. The number of hydrogen-bond acceptors (Lipinski definition) is 8. The average molecular weight is 476 g/mol. The van der Waals surface area contributed by atoms with Gasteiger partial charge in [-0.1, -0.05) is 18.2 Å². The van der Waals surface area contributed by atoms with Crippen molar-refractivity contribution in [2.24, 2.45) is 0 Å². The van der Waals surface area contributed by atoms with Gasteiger partial charge >= 0.3 is 5.97 Å². The predicted molar refractivity (Wildman–Crippen MR) is 132 cm³/mol. The van der Waals surface area contributed by atoms with Crippen molar-refractivity contribution in [3.8, 4) is 11.3 Å². The van der Waals surface area contributed by atoms with Crippen molar-refractivity contribution in [2.45, 2.75) is 31.3 Å². The van der Waals surface area contributed by atoms with E-state index in [2.05, 4.69) is 21.9 Å². The molecule has 0 radical (unpaired) electrons. The third-order valence-corrected chi connectivity index (χ3v) is 6.74. The Morgan fingerprint density at radius 3 is 2.69 bits per heavy atom. The molecule has 1 saturated heterocycles. The quantitative estimate of drug-likeness (QED) is 0.408. The van der Waals surface area contributed by atoms with E-state index in [1.165, 1.54) is 26.3 Å². The first-order valence-corrected chi connectivity index (χ1v) is 11.8. The lowest BCUT2D eigenvalue weighted by Crippen LogP contribution is -2.28. The summed E-state index contributed by atoms with van der Waals surface area (Å²) in [6.07, 6.45) is 8.31. The largest absolute Gasteiger partial charge is 0.465 e. The standard InChI is InChI=1S/C25H29N7O3/c1-30(18-9-10-18)12-3-4-20(33)31-13-11-19(14-31)32-24-21(23(26)27-15-28-24)22(29-32)16-5-7-17(8-6-16)25(34)35-2/h3-8,15,18-19H,9-14H2,1-2H3,(H2,26,27,28). The molecule has 1 atom stereocenters. The number of methoxy groups -OCH3 is 1. The number of hydrogen-bond donors (Lipinski definition) is 1. The highest BCUT2D eigenvalue weighted by Gasteiger charge is 2.30. The fraction of sp³-hybridized carbons (Fsp3) is 0.400. The molecule has 5 rings (SSSR count). The van der Waals surface area contributed by atoms with Crippen LogP contribution in [0, 0.1) is 0 Å². The van der Waals surface area contributed by atoms with Crippen molar-refractivity contribution in [1.82, 2.24) is 29.5 Å². The number of esters is 1. The van der Waals surface area contributed by atoms with Crippen molar-refractivity contribution in [3.05, 3.63) is 48.3 Å². The molecule has 2 aromatic heterocycles. The minimum atomic E-state index is -0.404. The average Bonchev–Trinajstić information content (AvgIpc) is 3.48. The van der Waals surface area contributed by atoms with Gasteiger partial charge in [0.2, 0.25) is 5.91 Å². The van der Waals surface area contributed by atoms with E-state index in [4.69, 9.17) is 15.6 Å². The van der Waals surface area contributed by atoms with Crippen LogP contribution in [-0.2, 0) is 9.53 Å². The Morgan fingerprint density at radius 2 is 1.97 bits per heavy atom. The zero-order valence-electron chi connectivity index (χ0n) is 19.9. The lowest BCUT2D eigenvalue weighted by atomic mass is 10.1. The third kappa shape index (κ3) is 4.61. The fourth-order valence-corrected chi connectivity index (χ4v) is 4.57. The molecular weight excluding hydrogens is 446 g/mol. The minimum absolute atomic E-state index is 0.0147. The molecule has 1 amide bonds. The van der Waals surface area contributed by atoms with Crippen LogP contribution >= 0.6 is 0 Å². The Kier molecular flexibility index (Phi) is 6.21. The van der Waals surface area contributed by atoms with E-state index < -0.39 is 5.97 Å². The number of likely N-dealkylation sites (N-methyl/N-ethyl adjacent to an activating group) is 1. The van der Waals surface area contributed by atoms with E-state index in [0.717, 1.165) is 18.5 Å². The van der Waals surface area contributed by atoms with Gasteiger partial charge in [0.15, 0.2) is 5.65 Å². The van der Waals surface area contributed by atoms with Crippen LogP contribution in [-0.4, -0.2) is 81.3 Å². The molecule has 10 nitrogen and oxygen atoms in total.